The van der Waals surface area contributed by atoms with E-state index in [9.17, 15) is 9.59 Å². The van der Waals surface area contributed by atoms with Crippen LogP contribution in [0.4, 0.5) is 0 Å². The van der Waals surface area contributed by atoms with E-state index in [1.807, 2.05) is 32.0 Å². The zero-order valence-electron chi connectivity index (χ0n) is 20.7. The second kappa shape index (κ2) is 11.2. The smallest absolute Gasteiger partial charge is 0.267 e. The van der Waals surface area contributed by atoms with Gasteiger partial charge in [-0.2, -0.15) is 0 Å². The summed E-state index contributed by atoms with van der Waals surface area (Å²) in [6.07, 6.45) is 4.77. The molecule has 192 valence electrons. The van der Waals surface area contributed by atoms with Gasteiger partial charge in [0.25, 0.3) is 5.56 Å². The number of hydrogen-bond acceptors (Lipinski definition) is 5. The lowest BCUT2D eigenvalue weighted by Crippen LogP contribution is -2.28. The highest BCUT2D eigenvalue weighted by atomic mass is 35.5. The van der Waals surface area contributed by atoms with Crippen LogP contribution >= 0.6 is 46.3 Å². The molecule has 0 fully saturated rings. The topological polar surface area (TPSA) is 64.0 Å². The van der Waals surface area contributed by atoms with Crippen LogP contribution in [0.3, 0.4) is 0 Å². The molecule has 0 saturated carbocycles. The lowest BCUT2D eigenvalue weighted by molar-refractivity contribution is -0.118. The molecule has 0 unspecified atom stereocenters. The van der Waals surface area contributed by atoms with Gasteiger partial charge in [-0.3, -0.25) is 14.2 Å². The summed E-state index contributed by atoms with van der Waals surface area (Å²) in [6.45, 7) is 4.49. The molecule has 1 N–H and O–H groups in total. The van der Waals surface area contributed by atoms with Crippen molar-refractivity contribution in [2.24, 2.45) is 0 Å². The number of carbonyl (C=O) groups is 1. The van der Waals surface area contributed by atoms with Crippen molar-refractivity contribution in [3.63, 3.8) is 0 Å². The van der Waals surface area contributed by atoms with Crippen LogP contribution < -0.4 is 10.9 Å². The Kier molecular flexibility index (Phi) is 7.96. The molecule has 37 heavy (non-hydrogen) atoms. The number of aromatic nitrogens is 2. The van der Waals surface area contributed by atoms with Gasteiger partial charge in [-0.25, -0.2) is 4.98 Å². The normalized spacial score (nSPS) is 13.1. The summed E-state index contributed by atoms with van der Waals surface area (Å²) in [4.78, 5) is 33.6. The van der Waals surface area contributed by atoms with Crippen molar-refractivity contribution < 1.29 is 4.79 Å². The standard InChI is InChI=1S/C28H27Cl2N3O2S2/c1-16-7-10-22(17(2)13-16)33-27(35)25-20-5-3-4-6-23(20)37-26(25)32-28(33)36-15-24(34)31-12-11-18-8-9-19(29)14-21(18)30/h7-10,13-14H,3-6,11-12,15H2,1-2H3,(H,31,34). The Balaban J connectivity index is 1.41. The molecule has 4 aromatic rings. The zero-order valence-corrected chi connectivity index (χ0v) is 23.8. The number of nitrogens with zero attached hydrogens (tertiary/aromatic N) is 2. The van der Waals surface area contributed by atoms with Crippen LogP contribution in [0.25, 0.3) is 15.9 Å². The molecule has 0 atom stereocenters. The van der Waals surface area contributed by atoms with Gasteiger partial charge in [0.15, 0.2) is 5.16 Å². The molecule has 0 bridgehead atoms. The van der Waals surface area contributed by atoms with Gasteiger partial charge in [0.1, 0.15) is 4.83 Å². The van der Waals surface area contributed by atoms with E-state index in [2.05, 4.69) is 11.4 Å². The fourth-order valence-corrected chi connectivity index (χ4v) is 7.44. The first-order valence-electron chi connectivity index (χ1n) is 12.3. The Hall–Kier alpha value is -2.32. The molecule has 1 amide bonds. The van der Waals surface area contributed by atoms with Crippen LogP contribution in [-0.2, 0) is 24.1 Å². The van der Waals surface area contributed by atoms with Crippen LogP contribution in [0.15, 0.2) is 46.3 Å². The Labute approximate surface area is 234 Å². The number of fused-ring (bicyclic) bond motifs is 3. The number of rotatable bonds is 7. The lowest BCUT2D eigenvalue weighted by Gasteiger charge is -2.15. The van der Waals surface area contributed by atoms with E-state index in [1.165, 1.54) is 16.6 Å². The minimum absolute atomic E-state index is 0.0448. The van der Waals surface area contributed by atoms with Crippen LogP contribution in [0, 0.1) is 13.8 Å². The Morgan fingerprint density at radius 3 is 2.73 bits per heavy atom. The average Bonchev–Trinajstić information content (AvgIpc) is 3.23. The summed E-state index contributed by atoms with van der Waals surface area (Å²) in [6, 6.07) is 11.4. The van der Waals surface area contributed by atoms with Crippen molar-refractivity contribution in [3.05, 3.63) is 83.9 Å². The maximum atomic E-state index is 13.9. The van der Waals surface area contributed by atoms with Gasteiger partial charge in [0.2, 0.25) is 5.91 Å². The first kappa shape index (κ1) is 26.3. The molecule has 1 aliphatic rings. The van der Waals surface area contributed by atoms with Gasteiger partial charge in [0.05, 0.1) is 16.8 Å². The molecule has 2 aromatic carbocycles. The Morgan fingerprint density at radius 1 is 1.14 bits per heavy atom. The molecule has 0 aliphatic heterocycles. The van der Waals surface area contributed by atoms with E-state index >= 15 is 0 Å². The third kappa shape index (κ3) is 5.60. The molecule has 0 spiro atoms. The molecule has 2 heterocycles. The van der Waals surface area contributed by atoms with Crippen LogP contribution in [0.2, 0.25) is 10.0 Å². The fraction of sp³-hybridized carbons (Fsp3) is 0.321. The van der Waals surface area contributed by atoms with Crippen LogP contribution in [-0.4, -0.2) is 27.8 Å². The number of amides is 1. The molecule has 1 aliphatic carbocycles. The summed E-state index contributed by atoms with van der Waals surface area (Å²) in [5, 5.41) is 5.40. The van der Waals surface area contributed by atoms with Crippen molar-refractivity contribution in [2.45, 2.75) is 51.1 Å². The number of benzene rings is 2. The van der Waals surface area contributed by atoms with E-state index < -0.39 is 0 Å². The van der Waals surface area contributed by atoms with Crippen molar-refractivity contribution in [2.75, 3.05) is 12.3 Å². The largest absolute Gasteiger partial charge is 0.355 e. The maximum Gasteiger partial charge on any atom is 0.267 e. The first-order valence-corrected chi connectivity index (χ1v) is 14.9. The molecule has 5 nitrogen and oxygen atoms in total. The molecule has 9 heteroatoms. The van der Waals surface area contributed by atoms with Crippen LogP contribution in [0.5, 0.6) is 0 Å². The molecule has 5 rings (SSSR count). The van der Waals surface area contributed by atoms with E-state index in [0.29, 0.717) is 28.2 Å². The predicted molar refractivity (Wildman–Crippen MR) is 155 cm³/mol. The van der Waals surface area contributed by atoms with E-state index in [4.69, 9.17) is 28.2 Å². The van der Waals surface area contributed by atoms with Gasteiger partial charge in [-0.15, -0.1) is 11.3 Å². The van der Waals surface area contributed by atoms with Gasteiger partial charge in [0, 0.05) is 21.5 Å². The number of aryl methyl sites for hydroxylation is 4. The summed E-state index contributed by atoms with van der Waals surface area (Å²) >= 11 is 15.1. The van der Waals surface area contributed by atoms with Crippen molar-refractivity contribution in [1.29, 1.82) is 0 Å². The number of thioether (sulfide) groups is 1. The average molecular weight is 573 g/mol. The Bertz CT molecular complexity index is 1560. The molecular weight excluding hydrogens is 545 g/mol. The van der Waals surface area contributed by atoms with Gasteiger partial charge in [-0.1, -0.05) is 58.7 Å². The highest BCUT2D eigenvalue weighted by Crippen LogP contribution is 2.35. The molecule has 2 aromatic heterocycles. The fourth-order valence-electron chi connectivity index (χ4n) is 4.79. The predicted octanol–water partition coefficient (Wildman–Crippen LogP) is 6.70. The Morgan fingerprint density at radius 2 is 1.95 bits per heavy atom. The highest BCUT2D eigenvalue weighted by Gasteiger charge is 2.23. The number of thiophene rings is 1. The van der Waals surface area contributed by atoms with Gasteiger partial charge in [-0.05, 0) is 80.8 Å². The van der Waals surface area contributed by atoms with Gasteiger partial charge >= 0.3 is 0 Å². The van der Waals surface area contributed by atoms with Crippen molar-refractivity contribution >= 4 is 62.4 Å². The SMILES string of the molecule is Cc1ccc(-n2c(SCC(=O)NCCc3ccc(Cl)cc3Cl)nc3sc4c(c3c2=O)CCCC4)c(C)c1. The molecular formula is C28H27Cl2N3O2S2. The number of nitrogens with one attached hydrogen (secondary N) is 1. The second-order valence-corrected chi connectivity index (χ2v) is 12.2. The zero-order chi connectivity index (χ0) is 26.1. The van der Waals surface area contributed by atoms with E-state index in [0.717, 1.165) is 63.8 Å². The minimum Gasteiger partial charge on any atom is -0.355 e. The number of carbonyl (C=O) groups excluding carboxylic acids is 1. The third-order valence-corrected chi connectivity index (χ3v) is 9.33. The first-order chi connectivity index (χ1) is 17.8. The summed E-state index contributed by atoms with van der Waals surface area (Å²) < 4.78 is 1.70. The maximum absolute atomic E-state index is 13.9. The summed E-state index contributed by atoms with van der Waals surface area (Å²) in [5.41, 5.74) is 4.98. The third-order valence-electron chi connectivity index (χ3n) is 6.62. The quantitative estimate of drug-likeness (QED) is 0.198. The van der Waals surface area contributed by atoms with Gasteiger partial charge < -0.3 is 5.32 Å². The van der Waals surface area contributed by atoms with Crippen molar-refractivity contribution in [3.8, 4) is 5.69 Å². The molecule has 0 radical (unpaired) electrons. The summed E-state index contributed by atoms with van der Waals surface area (Å²) in [7, 11) is 0. The monoisotopic (exact) mass is 571 g/mol. The van der Waals surface area contributed by atoms with Crippen molar-refractivity contribution in [1.82, 2.24) is 14.9 Å². The second-order valence-electron chi connectivity index (χ2n) is 9.34. The summed E-state index contributed by atoms with van der Waals surface area (Å²) in [5.74, 6) is 0.0320. The lowest BCUT2D eigenvalue weighted by atomic mass is 9.97. The minimum atomic E-state index is -0.123. The number of hydrogen-bond donors (Lipinski definition) is 1. The van der Waals surface area contributed by atoms with Crippen LogP contribution in [0.1, 0.15) is 40.0 Å². The number of halogens is 2. The van der Waals surface area contributed by atoms with E-state index in [-0.39, 0.29) is 17.2 Å². The van der Waals surface area contributed by atoms with E-state index in [1.54, 1.807) is 28.0 Å². The highest BCUT2D eigenvalue weighted by molar-refractivity contribution is 7.99. The molecule has 0 saturated heterocycles.